The number of halogens is 1. The van der Waals surface area contributed by atoms with E-state index in [2.05, 4.69) is 47.3 Å². The molecule has 0 spiro atoms. The van der Waals surface area contributed by atoms with Crippen molar-refractivity contribution in [3.8, 4) is 11.8 Å². The number of benzene rings is 2. The normalized spacial score (nSPS) is 21.6. The van der Waals surface area contributed by atoms with Crippen LogP contribution in [0.25, 0.3) is 0 Å². The van der Waals surface area contributed by atoms with Crippen LogP contribution in [0.2, 0.25) is 0 Å². The van der Waals surface area contributed by atoms with Gasteiger partial charge in [0.05, 0.1) is 30.2 Å². The molecule has 0 radical (unpaired) electrons. The van der Waals surface area contributed by atoms with Gasteiger partial charge in [0.2, 0.25) is 11.6 Å². The molecule has 30 heavy (non-hydrogen) atoms. The lowest BCUT2D eigenvalue weighted by molar-refractivity contribution is 0.127. The highest BCUT2D eigenvalue weighted by molar-refractivity contribution is 9.10. The zero-order valence-corrected chi connectivity index (χ0v) is 19.0. The molecule has 3 rings (SSSR count). The van der Waals surface area contributed by atoms with Crippen LogP contribution < -0.4 is 20.5 Å². The average molecular weight is 473 g/mol. The van der Waals surface area contributed by atoms with Gasteiger partial charge in [0.25, 0.3) is 0 Å². The first-order chi connectivity index (χ1) is 14.2. The van der Waals surface area contributed by atoms with Crippen molar-refractivity contribution in [1.29, 1.82) is 5.26 Å². The predicted molar refractivity (Wildman–Crippen MR) is 126 cm³/mol. The van der Waals surface area contributed by atoms with Gasteiger partial charge < -0.3 is 16.6 Å². The number of likely N-dealkylation sites (N-methyl/N-ethyl adjacent to an activating group) is 1. The predicted octanol–water partition coefficient (Wildman–Crippen LogP) is 3.34. The van der Waals surface area contributed by atoms with Crippen molar-refractivity contribution in [2.45, 2.75) is 25.3 Å². The van der Waals surface area contributed by atoms with Crippen LogP contribution in [0, 0.1) is 11.3 Å². The first-order valence-electron chi connectivity index (χ1n) is 10.0. The average Bonchev–Trinajstić information content (AvgIpc) is 2.69. The summed E-state index contributed by atoms with van der Waals surface area (Å²) in [7, 11) is 4.33. The van der Waals surface area contributed by atoms with Crippen LogP contribution in [0.4, 0.5) is 11.4 Å². The molecule has 7 nitrogen and oxygen atoms in total. The number of piperidine rings is 1. The van der Waals surface area contributed by atoms with Gasteiger partial charge in [-0.2, -0.15) is 9.85 Å². The second kappa shape index (κ2) is 8.64. The van der Waals surface area contributed by atoms with Crippen molar-refractivity contribution >= 4 is 33.3 Å². The maximum Gasteiger partial charge on any atom is 0.245 e. The number of rotatable bonds is 5. The number of quaternary nitrogens is 2. The molecule has 5 N–H and O–H groups in total. The van der Waals surface area contributed by atoms with Gasteiger partial charge in [-0.15, -0.1) is 0 Å². The number of para-hydroxylation sites is 1. The van der Waals surface area contributed by atoms with Crippen LogP contribution in [0.1, 0.15) is 24.8 Å². The number of nitriles is 1. The highest BCUT2D eigenvalue weighted by Crippen LogP contribution is 2.42. The first-order valence-corrected chi connectivity index (χ1v) is 10.8. The standard InChI is InChI=1S/C22H28BrN6O/c1-28(2,19-9-4-3-8-18(19)23)15-17-7-5-6-12-29(17,27-22(25)26)20-11-10-16(14-24)13-21(20)30/h3-4,8-11,13,17H,5-7,12,15H2,1-2H3,(H4-,25,26,27,30)/q+1/p+1. The molecule has 1 heterocycles. The summed E-state index contributed by atoms with van der Waals surface area (Å²) in [5, 5.41) is 24.7. The molecular weight excluding hydrogens is 444 g/mol. The van der Waals surface area contributed by atoms with E-state index in [-0.39, 0.29) is 22.3 Å². The zero-order chi connectivity index (χ0) is 21.9. The third-order valence-corrected chi connectivity index (χ3v) is 6.55. The molecule has 0 amide bonds. The van der Waals surface area contributed by atoms with Crippen molar-refractivity contribution in [3.63, 3.8) is 0 Å². The van der Waals surface area contributed by atoms with Gasteiger partial charge in [-0.25, -0.2) is 0 Å². The maximum atomic E-state index is 10.8. The largest absolute Gasteiger partial charge is 0.503 e. The molecule has 2 atom stereocenters. The second-order valence-electron chi connectivity index (χ2n) is 8.36. The monoisotopic (exact) mass is 472 g/mol. The van der Waals surface area contributed by atoms with E-state index in [1.807, 2.05) is 18.2 Å². The van der Waals surface area contributed by atoms with Gasteiger partial charge in [-0.05, 0) is 46.0 Å². The Kier molecular flexibility index (Phi) is 6.36. The van der Waals surface area contributed by atoms with E-state index >= 15 is 0 Å². The third kappa shape index (κ3) is 4.29. The number of phenolic OH excluding ortho intramolecular Hbond substituents is 1. The summed E-state index contributed by atoms with van der Waals surface area (Å²) >= 11 is 3.68. The number of aromatic hydroxyl groups is 1. The molecule has 1 aliphatic heterocycles. The Balaban J connectivity index is 2.10. The quantitative estimate of drug-likeness (QED) is 0.352. The van der Waals surface area contributed by atoms with Gasteiger partial charge in [-0.1, -0.05) is 12.1 Å². The van der Waals surface area contributed by atoms with Crippen molar-refractivity contribution in [1.82, 2.24) is 9.08 Å². The summed E-state index contributed by atoms with van der Waals surface area (Å²) in [6.07, 6.45) is 2.93. The fourth-order valence-corrected chi connectivity index (χ4v) is 5.32. The van der Waals surface area contributed by atoms with Gasteiger partial charge in [-0.3, -0.25) is 4.48 Å². The highest BCUT2D eigenvalue weighted by Gasteiger charge is 2.48. The van der Waals surface area contributed by atoms with E-state index < -0.39 is 0 Å². The molecule has 0 saturated carbocycles. The Morgan fingerprint density at radius 2 is 2.00 bits per heavy atom. The number of hydrogen-bond donors (Lipinski definition) is 3. The molecule has 2 aromatic carbocycles. The molecule has 158 valence electrons. The second-order valence-corrected chi connectivity index (χ2v) is 9.21. The van der Waals surface area contributed by atoms with Crippen LogP contribution in [0.5, 0.6) is 5.75 Å². The fraction of sp³-hybridized carbons (Fsp3) is 0.364. The molecule has 8 heteroatoms. The minimum atomic E-state index is -0.0168. The lowest BCUT2D eigenvalue weighted by Crippen LogP contribution is -2.63. The van der Waals surface area contributed by atoms with Crippen LogP contribution in [-0.4, -0.2) is 44.3 Å². The SMILES string of the molecule is C[N+](C)(CC1CCCC[N+]1(N=C(N)N)c1ccc(C#N)cc1O)c1ccccc1Br. The van der Waals surface area contributed by atoms with E-state index in [0.717, 1.165) is 36.0 Å². The fourth-order valence-electron chi connectivity index (χ4n) is 4.55. The number of hydrogen-bond acceptors (Lipinski definition) is 3. The van der Waals surface area contributed by atoms with Crippen LogP contribution in [-0.2, 0) is 0 Å². The van der Waals surface area contributed by atoms with Crippen LogP contribution in [0.3, 0.4) is 0 Å². The minimum Gasteiger partial charge on any atom is -0.503 e. The third-order valence-electron chi connectivity index (χ3n) is 5.88. The van der Waals surface area contributed by atoms with E-state index in [0.29, 0.717) is 22.3 Å². The van der Waals surface area contributed by atoms with Crippen LogP contribution >= 0.6 is 15.9 Å². The van der Waals surface area contributed by atoms with Crippen LogP contribution in [0.15, 0.2) is 52.0 Å². The molecule has 1 aliphatic rings. The number of guanidine groups is 1. The van der Waals surface area contributed by atoms with E-state index in [1.54, 1.807) is 12.1 Å². The lowest BCUT2D eigenvalue weighted by atomic mass is 9.97. The van der Waals surface area contributed by atoms with Crippen molar-refractivity contribution in [2.75, 3.05) is 27.2 Å². The Hall–Kier alpha value is -2.60. The maximum absolute atomic E-state index is 10.8. The highest BCUT2D eigenvalue weighted by atomic mass is 79.9. The summed E-state index contributed by atoms with van der Waals surface area (Å²) in [5.41, 5.74) is 13.9. The number of nitrogens with two attached hydrogens (primary N) is 2. The van der Waals surface area contributed by atoms with Gasteiger partial charge in [0, 0.05) is 24.6 Å². The Morgan fingerprint density at radius 1 is 1.27 bits per heavy atom. The molecule has 0 aliphatic carbocycles. The molecule has 2 aromatic rings. The minimum absolute atomic E-state index is 0.0168. The molecule has 1 fully saturated rings. The molecule has 0 bridgehead atoms. The van der Waals surface area contributed by atoms with E-state index in [9.17, 15) is 10.4 Å². The van der Waals surface area contributed by atoms with Gasteiger partial charge >= 0.3 is 0 Å². The summed E-state index contributed by atoms with van der Waals surface area (Å²) in [4.78, 5) is 0. The number of nitrogens with zero attached hydrogens (tertiary/aromatic N) is 4. The van der Waals surface area contributed by atoms with Gasteiger partial charge in [0.15, 0.2) is 11.8 Å². The smallest absolute Gasteiger partial charge is 0.245 e. The Labute approximate surface area is 186 Å². The molecule has 0 aromatic heterocycles. The Morgan fingerprint density at radius 3 is 2.63 bits per heavy atom. The van der Waals surface area contributed by atoms with Crippen molar-refractivity contribution in [3.05, 3.63) is 52.5 Å². The summed E-state index contributed by atoms with van der Waals surface area (Å²) < 4.78 is 1.81. The zero-order valence-electron chi connectivity index (χ0n) is 17.4. The lowest BCUT2D eigenvalue weighted by Gasteiger charge is -2.44. The summed E-state index contributed by atoms with van der Waals surface area (Å²) in [6.45, 7) is 1.44. The first kappa shape index (κ1) is 22.1. The van der Waals surface area contributed by atoms with E-state index in [4.69, 9.17) is 11.5 Å². The van der Waals surface area contributed by atoms with Crippen molar-refractivity contribution < 1.29 is 5.11 Å². The van der Waals surface area contributed by atoms with Crippen molar-refractivity contribution in [2.24, 2.45) is 16.6 Å². The number of phenols is 1. The van der Waals surface area contributed by atoms with E-state index in [1.165, 1.54) is 6.07 Å². The topological polar surface area (TPSA) is 108 Å². The molecule has 1 saturated heterocycles. The molecular formula is C22H29BrN6O+2. The molecule has 2 unspecified atom stereocenters. The summed E-state index contributed by atoms with van der Waals surface area (Å²) in [6, 6.07) is 15.3. The Bertz CT molecular complexity index is 995. The summed E-state index contributed by atoms with van der Waals surface area (Å²) in [5.74, 6) is 0.0222. The van der Waals surface area contributed by atoms with Gasteiger partial charge in [0.1, 0.15) is 18.8 Å².